The Bertz CT molecular complexity index is 193. The molecule has 2 N–H and O–H groups in total. The summed E-state index contributed by atoms with van der Waals surface area (Å²) in [6.45, 7) is 7.97. The summed E-state index contributed by atoms with van der Waals surface area (Å²) in [6.07, 6.45) is 3.76. The highest BCUT2D eigenvalue weighted by Crippen LogP contribution is 2.11. The molecular formula is C12H23NO3. The van der Waals surface area contributed by atoms with E-state index in [-0.39, 0.29) is 12.1 Å². The number of hydrogen-bond acceptors (Lipinski definition) is 4. The normalized spacial score (nSPS) is 24.2. The van der Waals surface area contributed by atoms with Gasteiger partial charge in [0.1, 0.15) is 0 Å². The zero-order valence-electron chi connectivity index (χ0n) is 10.0. The lowest BCUT2D eigenvalue weighted by atomic mass is 10.2. The van der Waals surface area contributed by atoms with Gasteiger partial charge in [0.25, 0.3) is 0 Å². The fourth-order valence-electron chi connectivity index (χ4n) is 1.58. The lowest BCUT2D eigenvalue weighted by molar-refractivity contribution is -0.0166. The van der Waals surface area contributed by atoms with Crippen LogP contribution in [-0.2, 0) is 9.47 Å². The molecule has 1 saturated heterocycles. The van der Waals surface area contributed by atoms with Gasteiger partial charge in [-0.2, -0.15) is 0 Å². The van der Waals surface area contributed by atoms with E-state index in [1.807, 2.05) is 6.92 Å². The Hall–Kier alpha value is -0.420. The molecule has 0 bridgehead atoms. The summed E-state index contributed by atoms with van der Waals surface area (Å²) >= 11 is 0. The number of nitrogens with one attached hydrogen (secondary N) is 1. The van der Waals surface area contributed by atoms with Gasteiger partial charge in [-0.05, 0) is 19.8 Å². The number of aliphatic hydroxyl groups is 1. The van der Waals surface area contributed by atoms with Crippen LogP contribution in [0.2, 0.25) is 0 Å². The SMILES string of the molecule is C=CC(C)NCC(O)COCC1CCCO1. The fourth-order valence-corrected chi connectivity index (χ4v) is 1.58. The molecule has 0 radical (unpaired) electrons. The molecule has 0 aromatic carbocycles. The van der Waals surface area contributed by atoms with Crippen molar-refractivity contribution >= 4 is 0 Å². The van der Waals surface area contributed by atoms with Gasteiger partial charge in [0.2, 0.25) is 0 Å². The zero-order chi connectivity index (χ0) is 11.8. The first-order valence-corrected chi connectivity index (χ1v) is 5.95. The summed E-state index contributed by atoms with van der Waals surface area (Å²) in [5, 5.41) is 12.7. The molecule has 3 atom stereocenters. The first-order valence-electron chi connectivity index (χ1n) is 5.95. The number of rotatable bonds is 8. The summed E-state index contributed by atoms with van der Waals surface area (Å²) in [6, 6.07) is 0.216. The topological polar surface area (TPSA) is 50.7 Å². The summed E-state index contributed by atoms with van der Waals surface area (Å²) in [7, 11) is 0. The molecule has 0 aromatic heterocycles. The van der Waals surface area contributed by atoms with Crippen molar-refractivity contribution in [1.29, 1.82) is 0 Å². The van der Waals surface area contributed by atoms with Crippen molar-refractivity contribution in [1.82, 2.24) is 5.32 Å². The molecular weight excluding hydrogens is 206 g/mol. The maximum atomic E-state index is 9.60. The van der Waals surface area contributed by atoms with Crippen molar-refractivity contribution < 1.29 is 14.6 Å². The Morgan fingerprint density at radius 1 is 1.69 bits per heavy atom. The van der Waals surface area contributed by atoms with Gasteiger partial charge in [0, 0.05) is 19.2 Å². The molecule has 1 heterocycles. The summed E-state index contributed by atoms with van der Waals surface area (Å²) < 4.78 is 10.8. The maximum Gasteiger partial charge on any atom is 0.0897 e. The summed E-state index contributed by atoms with van der Waals surface area (Å²) in [5.41, 5.74) is 0. The van der Waals surface area contributed by atoms with Crippen LogP contribution >= 0.6 is 0 Å². The number of ether oxygens (including phenoxy) is 2. The Labute approximate surface area is 97.6 Å². The Morgan fingerprint density at radius 2 is 2.50 bits per heavy atom. The van der Waals surface area contributed by atoms with E-state index in [0.717, 1.165) is 19.4 Å². The smallest absolute Gasteiger partial charge is 0.0897 e. The minimum absolute atomic E-state index is 0.216. The average molecular weight is 229 g/mol. The van der Waals surface area contributed by atoms with Crippen molar-refractivity contribution in [2.75, 3.05) is 26.4 Å². The Kier molecular flexibility index (Phi) is 6.64. The van der Waals surface area contributed by atoms with Crippen LogP contribution in [0.5, 0.6) is 0 Å². The van der Waals surface area contributed by atoms with Gasteiger partial charge < -0.3 is 19.9 Å². The molecule has 1 aliphatic heterocycles. The van der Waals surface area contributed by atoms with Crippen LogP contribution < -0.4 is 5.32 Å². The van der Waals surface area contributed by atoms with E-state index >= 15 is 0 Å². The highest BCUT2D eigenvalue weighted by molar-refractivity contribution is 4.81. The van der Waals surface area contributed by atoms with Gasteiger partial charge in [-0.1, -0.05) is 6.08 Å². The van der Waals surface area contributed by atoms with Crippen LogP contribution in [0, 0.1) is 0 Å². The minimum atomic E-state index is -0.469. The second kappa shape index (κ2) is 7.79. The molecule has 1 aliphatic rings. The molecule has 3 unspecified atom stereocenters. The maximum absolute atomic E-state index is 9.60. The highest BCUT2D eigenvalue weighted by Gasteiger charge is 2.16. The monoisotopic (exact) mass is 229 g/mol. The second-order valence-corrected chi connectivity index (χ2v) is 4.26. The Morgan fingerprint density at radius 3 is 3.12 bits per heavy atom. The highest BCUT2D eigenvalue weighted by atomic mass is 16.5. The van der Waals surface area contributed by atoms with Gasteiger partial charge in [-0.15, -0.1) is 6.58 Å². The van der Waals surface area contributed by atoms with Crippen LogP contribution in [-0.4, -0.2) is 49.7 Å². The molecule has 4 heteroatoms. The van der Waals surface area contributed by atoms with E-state index in [1.54, 1.807) is 6.08 Å². The van der Waals surface area contributed by atoms with E-state index in [1.165, 1.54) is 0 Å². The largest absolute Gasteiger partial charge is 0.389 e. The zero-order valence-corrected chi connectivity index (χ0v) is 10.0. The second-order valence-electron chi connectivity index (χ2n) is 4.26. The fraction of sp³-hybridized carbons (Fsp3) is 0.833. The first kappa shape index (κ1) is 13.6. The van der Waals surface area contributed by atoms with Crippen molar-refractivity contribution in [2.24, 2.45) is 0 Å². The van der Waals surface area contributed by atoms with E-state index < -0.39 is 6.10 Å². The van der Waals surface area contributed by atoms with Crippen molar-refractivity contribution in [3.63, 3.8) is 0 Å². The van der Waals surface area contributed by atoms with Crippen molar-refractivity contribution in [2.45, 2.75) is 38.0 Å². The molecule has 1 rings (SSSR count). The first-order chi connectivity index (χ1) is 7.72. The standard InChI is InChI=1S/C12H23NO3/c1-3-10(2)13-7-11(14)8-15-9-12-5-4-6-16-12/h3,10-14H,1,4-9H2,2H3. The molecule has 0 spiro atoms. The number of aliphatic hydroxyl groups excluding tert-OH is 1. The van der Waals surface area contributed by atoms with E-state index in [9.17, 15) is 5.11 Å². The number of hydrogen-bond donors (Lipinski definition) is 2. The quantitative estimate of drug-likeness (QED) is 0.602. The summed E-state index contributed by atoms with van der Waals surface area (Å²) in [4.78, 5) is 0. The minimum Gasteiger partial charge on any atom is -0.389 e. The predicted octanol–water partition coefficient (Wildman–Crippen LogP) is 0.707. The Balaban J connectivity index is 1.96. The van der Waals surface area contributed by atoms with Crippen molar-refractivity contribution in [3.8, 4) is 0 Å². The van der Waals surface area contributed by atoms with E-state index in [4.69, 9.17) is 9.47 Å². The molecule has 1 fully saturated rings. The van der Waals surface area contributed by atoms with Crippen LogP contribution in [0.1, 0.15) is 19.8 Å². The van der Waals surface area contributed by atoms with Gasteiger partial charge >= 0.3 is 0 Å². The molecule has 4 nitrogen and oxygen atoms in total. The molecule has 94 valence electrons. The van der Waals surface area contributed by atoms with E-state index in [2.05, 4.69) is 11.9 Å². The van der Waals surface area contributed by atoms with Gasteiger partial charge in [-0.25, -0.2) is 0 Å². The van der Waals surface area contributed by atoms with Gasteiger partial charge in [-0.3, -0.25) is 0 Å². The van der Waals surface area contributed by atoms with Gasteiger partial charge in [0.15, 0.2) is 0 Å². The average Bonchev–Trinajstić information content (AvgIpc) is 2.79. The molecule has 0 aromatic rings. The molecule has 0 saturated carbocycles. The molecule has 16 heavy (non-hydrogen) atoms. The third-order valence-corrected chi connectivity index (χ3v) is 2.67. The summed E-state index contributed by atoms with van der Waals surface area (Å²) in [5.74, 6) is 0. The van der Waals surface area contributed by atoms with Gasteiger partial charge in [0.05, 0.1) is 25.4 Å². The third kappa shape index (κ3) is 5.61. The van der Waals surface area contributed by atoms with Crippen LogP contribution in [0.15, 0.2) is 12.7 Å². The van der Waals surface area contributed by atoms with Crippen LogP contribution in [0.25, 0.3) is 0 Å². The van der Waals surface area contributed by atoms with E-state index in [0.29, 0.717) is 19.8 Å². The molecule has 0 amide bonds. The lowest BCUT2D eigenvalue weighted by Crippen LogP contribution is -2.35. The van der Waals surface area contributed by atoms with Crippen LogP contribution in [0.4, 0.5) is 0 Å². The lowest BCUT2D eigenvalue weighted by Gasteiger charge is -2.16. The van der Waals surface area contributed by atoms with Crippen molar-refractivity contribution in [3.05, 3.63) is 12.7 Å². The predicted molar refractivity (Wildman–Crippen MR) is 63.5 cm³/mol. The third-order valence-electron chi connectivity index (χ3n) is 2.67. The molecule has 0 aliphatic carbocycles. The van der Waals surface area contributed by atoms with Crippen LogP contribution in [0.3, 0.4) is 0 Å².